The summed E-state index contributed by atoms with van der Waals surface area (Å²) < 4.78 is 13.1. The Morgan fingerprint density at radius 3 is 2.45 bits per heavy atom. The molecule has 0 aliphatic carbocycles. The monoisotopic (exact) mass is 443 g/mol. The second kappa shape index (κ2) is 8.26. The van der Waals surface area contributed by atoms with Crippen molar-refractivity contribution in [2.75, 3.05) is 18.9 Å². The molecular formula is C22H26ClN5O3. The minimum atomic E-state index is -0.487. The molecule has 3 aromatic rings. The molecule has 31 heavy (non-hydrogen) atoms. The topological polar surface area (TPSA) is 95.5 Å². The lowest BCUT2D eigenvalue weighted by Crippen LogP contribution is -2.44. The number of hydrogen-bond acceptors (Lipinski definition) is 6. The summed E-state index contributed by atoms with van der Waals surface area (Å²) in [5.74, 6) is 6.97. The predicted molar refractivity (Wildman–Crippen MR) is 120 cm³/mol. The summed E-state index contributed by atoms with van der Waals surface area (Å²) in [6, 6.07) is 9.61. The smallest absolute Gasteiger partial charge is 0.410 e. The van der Waals surface area contributed by atoms with Gasteiger partial charge in [-0.25, -0.2) is 19.4 Å². The van der Waals surface area contributed by atoms with Crippen LogP contribution in [0.4, 0.5) is 4.79 Å². The van der Waals surface area contributed by atoms with Crippen LogP contribution in [0.1, 0.15) is 33.6 Å². The van der Waals surface area contributed by atoms with Gasteiger partial charge in [-0.15, -0.1) is 0 Å². The fourth-order valence-corrected chi connectivity index (χ4v) is 3.79. The van der Waals surface area contributed by atoms with Gasteiger partial charge < -0.3 is 20.2 Å². The maximum Gasteiger partial charge on any atom is 0.410 e. The Hall–Kier alpha value is -3.00. The van der Waals surface area contributed by atoms with Gasteiger partial charge in [-0.3, -0.25) is 0 Å². The van der Waals surface area contributed by atoms with Crippen LogP contribution in [-0.4, -0.2) is 50.4 Å². The molecule has 0 atom stereocenters. The van der Waals surface area contributed by atoms with E-state index in [9.17, 15) is 4.79 Å². The van der Waals surface area contributed by atoms with Crippen molar-refractivity contribution in [3.8, 4) is 17.0 Å². The summed E-state index contributed by atoms with van der Waals surface area (Å²) in [7, 11) is 0. The lowest BCUT2D eigenvalue weighted by atomic mass is 10.1. The van der Waals surface area contributed by atoms with E-state index >= 15 is 0 Å². The van der Waals surface area contributed by atoms with Gasteiger partial charge in [0, 0.05) is 31.5 Å². The zero-order chi connectivity index (χ0) is 22.2. The summed E-state index contributed by atoms with van der Waals surface area (Å²) >= 11 is 6.15. The quantitative estimate of drug-likeness (QED) is 0.480. The first-order valence-electron chi connectivity index (χ1n) is 10.2. The van der Waals surface area contributed by atoms with Gasteiger partial charge in [-0.05, 0) is 51.1 Å². The van der Waals surface area contributed by atoms with Crippen molar-refractivity contribution in [1.82, 2.24) is 19.5 Å². The number of piperidine rings is 1. The number of halogens is 1. The van der Waals surface area contributed by atoms with Gasteiger partial charge in [0.1, 0.15) is 28.9 Å². The summed E-state index contributed by atoms with van der Waals surface area (Å²) in [6.07, 6.45) is 2.70. The number of ether oxygens (including phenoxy) is 2. The van der Waals surface area contributed by atoms with Crippen molar-refractivity contribution < 1.29 is 14.3 Å². The first-order chi connectivity index (χ1) is 14.7. The molecule has 1 aliphatic rings. The third kappa shape index (κ3) is 4.69. The van der Waals surface area contributed by atoms with Crippen molar-refractivity contribution in [1.29, 1.82) is 0 Å². The molecule has 1 aliphatic heterocycles. The minimum absolute atomic E-state index is 0.0552. The number of nitrogen functional groups attached to an aromatic ring is 1. The van der Waals surface area contributed by atoms with E-state index in [-0.39, 0.29) is 12.2 Å². The molecule has 164 valence electrons. The van der Waals surface area contributed by atoms with Crippen LogP contribution in [0, 0.1) is 0 Å². The number of carbonyl (C=O) groups is 1. The van der Waals surface area contributed by atoms with Crippen LogP contribution in [0.3, 0.4) is 0 Å². The molecule has 0 radical (unpaired) electrons. The maximum atomic E-state index is 12.2. The van der Waals surface area contributed by atoms with E-state index in [2.05, 4.69) is 9.97 Å². The second-order valence-corrected chi connectivity index (χ2v) is 8.97. The highest BCUT2D eigenvalue weighted by molar-refractivity contribution is 6.34. The van der Waals surface area contributed by atoms with Gasteiger partial charge >= 0.3 is 6.09 Å². The van der Waals surface area contributed by atoms with Crippen LogP contribution in [0.5, 0.6) is 5.75 Å². The average molecular weight is 444 g/mol. The van der Waals surface area contributed by atoms with Crippen LogP contribution < -0.4 is 10.6 Å². The van der Waals surface area contributed by atoms with Gasteiger partial charge in [-0.1, -0.05) is 11.6 Å². The Morgan fingerprint density at radius 1 is 1.16 bits per heavy atom. The Labute approximate surface area is 185 Å². The highest BCUT2D eigenvalue weighted by atomic mass is 35.5. The summed E-state index contributed by atoms with van der Waals surface area (Å²) in [5, 5.41) is 1.08. The molecule has 1 fully saturated rings. The van der Waals surface area contributed by atoms with Crippen LogP contribution in [-0.2, 0) is 4.74 Å². The van der Waals surface area contributed by atoms with Crippen LogP contribution in [0.2, 0.25) is 5.15 Å². The van der Waals surface area contributed by atoms with Gasteiger partial charge in [0.15, 0.2) is 5.65 Å². The number of aromatic nitrogens is 3. The Bertz CT molecular complexity index is 1080. The predicted octanol–water partition coefficient (Wildman–Crippen LogP) is 4.24. The number of hydrogen-bond donors (Lipinski definition) is 1. The van der Waals surface area contributed by atoms with E-state index in [0.29, 0.717) is 29.3 Å². The van der Waals surface area contributed by atoms with Gasteiger partial charge in [0.2, 0.25) is 0 Å². The molecule has 1 saturated heterocycles. The van der Waals surface area contributed by atoms with E-state index in [4.69, 9.17) is 26.9 Å². The third-order valence-corrected chi connectivity index (χ3v) is 5.43. The second-order valence-electron chi connectivity index (χ2n) is 8.61. The van der Waals surface area contributed by atoms with Crippen molar-refractivity contribution in [2.24, 2.45) is 0 Å². The maximum absolute atomic E-state index is 12.2. The molecule has 3 heterocycles. The van der Waals surface area contributed by atoms with E-state index in [1.807, 2.05) is 51.1 Å². The molecule has 1 aromatic carbocycles. The highest BCUT2D eigenvalue weighted by Crippen LogP contribution is 2.30. The van der Waals surface area contributed by atoms with E-state index in [1.165, 1.54) is 11.0 Å². The number of fused-ring (bicyclic) bond motifs is 1. The van der Waals surface area contributed by atoms with Crippen molar-refractivity contribution in [3.05, 3.63) is 41.8 Å². The molecule has 2 aromatic heterocycles. The first kappa shape index (κ1) is 21.2. The molecule has 9 heteroatoms. The fraction of sp³-hybridized carbons (Fsp3) is 0.409. The van der Waals surface area contributed by atoms with Gasteiger partial charge in [0.05, 0.1) is 11.1 Å². The minimum Gasteiger partial charge on any atom is -0.490 e. The molecular weight excluding hydrogens is 418 g/mol. The van der Waals surface area contributed by atoms with Crippen LogP contribution >= 0.6 is 11.6 Å². The largest absolute Gasteiger partial charge is 0.490 e. The number of likely N-dealkylation sites (tertiary alicyclic amines) is 1. The number of carbonyl (C=O) groups excluding carboxylic acids is 1. The molecule has 4 rings (SSSR count). The highest BCUT2D eigenvalue weighted by Gasteiger charge is 2.27. The van der Waals surface area contributed by atoms with E-state index < -0.39 is 5.60 Å². The van der Waals surface area contributed by atoms with Crippen LogP contribution in [0.15, 0.2) is 36.7 Å². The summed E-state index contributed by atoms with van der Waals surface area (Å²) in [6.45, 7) is 6.85. The molecule has 2 N–H and O–H groups in total. The molecule has 0 bridgehead atoms. The van der Waals surface area contributed by atoms with Crippen molar-refractivity contribution in [2.45, 2.75) is 45.3 Å². The molecule has 0 saturated carbocycles. The third-order valence-electron chi connectivity index (χ3n) is 5.13. The Morgan fingerprint density at radius 2 is 1.84 bits per heavy atom. The zero-order valence-corrected chi connectivity index (χ0v) is 18.6. The molecule has 1 amide bonds. The van der Waals surface area contributed by atoms with Crippen molar-refractivity contribution in [3.63, 3.8) is 0 Å². The normalized spacial score (nSPS) is 15.3. The molecule has 8 nitrogen and oxygen atoms in total. The number of benzene rings is 1. The SMILES string of the molecule is CC(C)(C)OC(=O)N1CCC(Oc2ccc(-c3cc4c(Cl)ncnc4n3N)cc2)CC1. The fourth-order valence-electron chi connectivity index (χ4n) is 3.60. The zero-order valence-electron chi connectivity index (χ0n) is 17.8. The average Bonchev–Trinajstić information content (AvgIpc) is 3.06. The van der Waals surface area contributed by atoms with E-state index in [1.54, 1.807) is 4.90 Å². The van der Waals surface area contributed by atoms with Gasteiger partial charge in [0.25, 0.3) is 0 Å². The molecule has 0 unspecified atom stereocenters. The summed E-state index contributed by atoms with van der Waals surface area (Å²) in [4.78, 5) is 22.1. The summed E-state index contributed by atoms with van der Waals surface area (Å²) in [5.41, 5.74) is 1.80. The standard InChI is InChI=1S/C22H26ClN5O3/c1-22(2,3)31-21(29)27-10-8-16(9-11-27)30-15-6-4-14(5-7-15)18-12-17-19(23)25-13-26-20(17)28(18)24/h4-7,12-13,16H,8-11,24H2,1-3H3. The number of rotatable bonds is 3. The molecule has 0 spiro atoms. The van der Waals surface area contributed by atoms with E-state index in [0.717, 1.165) is 29.8 Å². The number of amides is 1. The Balaban J connectivity index is 1.39. The van der Waals surface area contributed by atoms with Gasteiger partial charge in [-0.2, -0.15) is 0 Å². The lowest BCUT2D eigenvalue weighted by Gasteiger charge is -2.33. The van der Waals surface area contributed by atoms with Crippen LogP contribution in [0.25, 0.3) is 22.3 Å². The Kier molecular flexibility index (Phi) is 5.66. The van der Waals surface area contributed by atoms with Crippen molar-refractivity contribution >= 4 is 28.7 Å². The number of nitrogens with zero attached hydrogens (tertiary/aromatic N) is 4. The number of nitrogens with two attached hydrogens (primary N) is 1. The lowest BCUT2D eigenvalue weighted by molar-refractivity contribution is 0.0126. The first-order valence-corrected chi connectivity index (χ1v) is 10.6.